The Labute approximate surface area is 174 Å². The predicted molar refractivity (Wildman–Crippen MR) is 129 cm³/mol. The van der Waals surface area contributed by atoms with E-state index in [4.69, 9.17) is 8.23 Å². The largest absolute Gasteiger partial charge is 0.437 e. The number of nitrogens with one attached hydrogen (secondary N) is 2. The number of hydrogen-bond donors (Lipinski definition) is 2. The molecule has 0 radical (unpaired) electrons. The van der Waals surface area contributed by atoms with Gasteiger partial charge < -0.3 is 18.9 Å². The average Bonchev–Trinajstić information content (AvgIpc) is 2.51. The topological polar surface area (TPSA) is 42.5 Å². The lowest BCUT2D eigenvalue weighted by molar-refractivity contribution is 0.386. The Hall–Kier alpha value is 0.491. The van der Waals surface area contributed by atoms with Crippen LogP contribution in [0.4, 0.5) is 0 Å². The number of rotatable bonds is 18. The van der Waals surface area contributed by atoms with Crippen molar-refractivity contribution >= 4 is 25.2 Å². The molecule has 0 amide bonds. The summed E-state index contributed by atoms with van der Waals surface area (Å²) in [4.78, 5) is 0. The number of unbranched alkanes of at least 4 members (excludes halogenated alkanes) is 2. The van der Waals surface area contributed by atoms with Gasteiger partial charge in [-0.3, -0.25) is 0 Å². The zero-order valence-corrected chi connectivity index (χ0v) is 22.8. The Kier molecular flexibility index (Phi) is 14.7. The van der Waals surface area contributed by atoms with Gasteiger partial charge >= 0.3 is 8.56 Å². The van der Waals surface area contributed by atoms with E-state index in [0.717, 1.165) is 26.2 Å². The molecule has 0 unspecified atom stereocenters. The highest BCUT2D eigenvalue weighted by Crippen LogP contribution is 2.26. The molecule has 0 bridgehead atoms. The molecular weight excluding hydrogens is 384 g/mol. The van der Waals surface area contributed by atoms with Crippen molar-refractivity contribution in [2.75, 3.05) is 26.2 Å². The van der Waals surface area contributed by atoms with Crippen molar-refractivity contribution in [1.29, 1.82) is 0 Å². The van der Waals surface area contributed by atoms with Crippen LogP contribution in [0, 0.1) is 0 Å². The van der Waals surface area contributed by atoms with Crippen LogP contribution in [0.1, 0.15) is 52.4 Å². The molecule has 0 spiro atoms. The molecule has 4 nitrogen and oxygen atoms in total. The van der Waals surface area contributed by atoms with Gasteiger partial charge in [-0.25, -0.2) is 0 Å². The van der Waals surface area contributed by atoms with Crippen molar-refractivity contribution in [3.63, 3.8) is 0 Å². The van der Waals surface area contributed by atoms with E-state index in [-0.39, 0.29) is 0 Å². The molecule has 0 rings (SSSR count). The van der Waals surface area contributed by atoms with Crippen LogP contribution in [0.2, 0.25) is 51.4 Å². The normalized spacial score (nSPS) is 13.3. The smallest absolute Gasteiger partial charge is 0.311 e. The molecule has 7 heteroatoms. The molecule has 0 aliphatic heterocycles. The third kappa shape index (κ3) is 17.1. The molecule has 0 fully saturated rings. The summed E-state index contributed by atoms with van der Waals surface area (Å²) in [7, 11) is -5.32. The fraction of sp³-hybridized carbons (Fsp3) is 1.00. The Balaban J connectivity index is 4.17. The summed E-state index contributed by atoms with van der Waals surface area (Å²) >= 11 is 0. The van der Waals surface area contributed by atoms with Gasteiger partial charge in [0, 0.05) is 0 Å². The fourth-order valence-electron chi connectivity index (χ4n) is 3.66. The summed E-state index contributed by atoms with van der Waals surface area (Å²) in [6, 6.07) is 2.48. The van der Waals surface area contributed by atoms with Gasteiger partial charge in [0.25, 0.3) is 0 Å². The van der Waals surface area contributed by atoms with Crippen LogP contribution in [-0.2, 0) is 8.23 Å². The maximum Gasteiger partial charge on any atom is 0.311 e. The van der Waals surface area contributed by atoms with Crippen LogP contribution in [0.5, 0.6) is 0 Å². The zero-order chi connectivity index (χ0) is 20.8. The van der Waals surface area contributed by atoms with E-state index in [2.05, 4.69) is 63.8 Å². The molecule has 0 saturated carbocycles. The zero-order valence-electron chi connectivity index (χ0n) is 19.8. The summed E-state index contributed by atoms with van der Waals surface area (Å²) in [6.45, 7) is 23.0. The van der Waals surface area contributed by atoms with Gasteiger partial charge in [0.2, 0.25) is 0 Å². The van der Waals surface area contributed by atoms with Crippen molar-refractivity contribution in [2.45, 2.75) is 104 Å². The predicted octanol–water partition coefficient (Wildman–Crippen LogP) is 5.69. The first-order chi connectivity index (χ1) is 12.5. The second-order valence-corrected chi connectivity index (χ2v) is 22.0. The first kappa shape index (κ1) is 27.5. The molecular formula is C20H50N2O2Si3. The highest BCUT2D eigenvalue weighted by Gasteiger charge is 2.39. The number of hydrogen-bond acceptors (Lipinski definition) is 4. The van der Waals surface area contributed by atoms with E-state index in [1.54, 1.807) is 0 Å². The van der Waals surface area contributed by atoms with Gasteiger partial charge in [0.15, 0.2) is 16.6 Å². The summed E-state index contributed by atoms with van der Waals surface area (Å²) in [6.07, 6.45) is 7.49. The SMILES string of the molecule is CCCNCCCC[Si](C)(C)O[Si](C)(C)O[Si](C)(C)CCCCNCCC. The van der Waals surface area contributed by atoms with Crippen LogP contribution in [0.3, 0.4) is 0 Å². The van der Waals surface area contributed by atoms with Crippen LogP contribution in [-0.4, -0.2) is 51.4 Å². The molecule has 0 aliphatic rings. The van der Waals surface area contributed by atoms with Crippen LogP contribution in [0.25, 0.3) is 0 Å². The maximum atomic E-state index is 6.71. The third-order valence-corrected chi connectivity index (χ3v) is 16.1. The molecule has 0 aromatic rings. The van der Waals surface area contributed by atoms with Crippen LogP contribution >= 0.6 is 0 Å². The Morgan fingerprint density at radius 3 is 1.26 bits per heavy atom. The van der Waals surface area contributed by atoms with Gasteiger partial charge in [0.05, 0.1) is 0 Å². The summed E-state index contributed by atoms with van der Waals surface area (Å²) in [5.41, 5.74) is 0. The standard InChI is InChI=1S/C20H50N2O2Si3/c1-9-15-21-17-11-13-19-25(3,4)23-27(7,8)24-26(5,6)20-14-12-18-22-16-10-2/h21-22H,9-20H2,1-8H3. The highest BCUT2D eigenvalue weighted by atomic mass is 28.5. The van der Waals surface area contributed by atoms with E-state index in [1.807, 2.05) is 0 Å². The van der Waals surface area contributed by atoms with Crippen LogP contribution in [0.15, 0.2) is 0 Å². The van der Waals surface area contributed by atoms with E-state index in [0.29, 0.717) is 0 Å². The van der Waals surface area contributed by atoms with Crippen molar-refractivity contribution in [1.82, 2.24) is 10.6 Å². The molecule has 27 heavy (non-hydrogen) atoms. The third-order valence-electron chi connectivity index (χ3n) is 4.66. The monoisotopic (exact) mass is 434 g/mol. The van der Waals surface area contributed by atoms with Crippen molar-refractivity contribution in [2.24, 2.45) is 0 Å². The second-order valence-electron chi connectivity index (χ2n) is 9.54. The van der Waals surface area contributed by atoms with E-state index in [1.165, 1.54) is 50.6 Å². The molecule has 0 aliphatic carbocycles. The van der Waals surface area contributed by atoms with Crippen molar-refractivity contribution in [3.8, 4) is 0 Å². The van der Waals surface area contributed by atoms with Gasteiger partial charge in [-0.15, -0.1) is 0 Å². The minimum Gasteiger partial charge on any atom is -0.437 e. The summed E-state index contributed by atoms with van der Waals surface area (Å²) < 4.78 is 13.4. The Morgan fingerprint density at radius 2 is 0.926 bits per heavy atom. The molecule has 0 heterocycles. The molecule has 0 saturated heterocycles. The average molecular weight is 435 g/mol. The van der Waals surface area contributed by atoms with Gasteiger partial charge in [-0.2, -0.15) is 0 Å². The highest BCUT2D eigenvalue weighted by molar-refractivity contribution is 6.87. The molecule has 164 valence electrons. The maximum absolute atomic E-state index is 6.71. The van der Waals surface area contributed by atoms with Crippen LogP contribution < -0.4 is 10.6 Å². The van der Waals surface area contributed by atoms with Gasteiger partial charge in [-0.1, -0.05) is 26.7 Å². The second kappa shape index (κ2) is 14.5. The van der Waals surface area contributed by atoms with E-state index < -0.39 is 25.2 Å². The van der Waals surface area contributed by atoms with E-state index >= 15 is 0 Å². The lowest BCUT2D eigenvalue weighted by atomic mass is 10.3. The Bertz CT molecular complexity index is 335. The minimum atomic E-state index is -2.04. The molecule has 0 atom stereocenters. The molecule has 2 N–H and O–H groups in total. The van der Waals surface area contributed by atoms with E-state index in [9.17, 15) is 0 Å². The summed E-state index contributed by atoms with van der Waals surface area (Å²) in [5, 5.41) is 6.99. The minimum absolute atomic E-state index is 1.14. The Morgan fingerprint density at radius 1 is 0.556 bits per heavy atom. The quantitative estimate of drug-likeness (QED) is 0.215. The fourth-order valence-corrected chi connectivity index (χ4v) is 17.9. The van der Waals surface area contributed by atoms with Crippen molar-refractivity contribution < 1.29 is 8.23 Å². The van der Waals surface area contributed by atoms with Gasteiger partial charge in [0.1, 0.15) is 0 Å². The first-order valence-corrected chi connectivity index (χ1v) is 20.4. The molecule has 0 aromatic heterocycles. The first-order valence-electron chi connectivity index (χ1n) is 11.4. The van der Waals surface area contributed by atoms with Crippen molar-refractivity contribution in [3.05, 3.63) is 0 Å². The molecule has 0 aromatic carbocycles. The lowest BCUT2D eigenvalue weighted by Crippen LogP contribution is -2.52. The van der Waals surface area contributed by atoms with Gasteiger partial charge in [-0.05, 0) is 103 Å². The lowest BCUT2D eigenvalue weighted by Gasteiger charge is -2.39. The summed E-state index contributed by atoms with van der Waals surface area (Å²) in [5.74, 6) is 0.